The van der Waals surface area contributed by atoms with Gasteiger partial charge in [0.25, 0.3) is 0 Å². The summed E-state index contributed by atoms with van der Waals surface area (Å²) in [6, 6.07) is 0. The summed E-state index contributed by atoms with van der Waals surface area (Å²) in [6.45, 7) is 0. The van der Waals surface area contributed by atoms with E-state index in [-0.39, 0.29) is 0 Å². The number of thioether (sulfide) groups is 2. The molecule has 1 fully saturated rings. The van der Waals surface area contributed by atoms with E-state index in [4.69, 9.17) is 0 Å². The van der Waals surface area contributed by atoms with Crippen molar-refractivity contribution in [2.45, 2.75) is 4.32 Å². The van der Waals surface area contributed by atoms with Crippen LogP contribution in [0.5, 0.6) is 0 Å². The maximum atomic E-state index is 2.80. The van der Waals surface area contributed by atoms with Gasteiger partial charge in [-0.3, -0.25) is 0 Å². The highest BCUT2D eigenvalue weighted by atomic mass is 32.2. The fraction of sp³-hybridized carbons (Fsp3) is 1.00. The average Bonchev–Trinajstić information content (AvgIpc) is 1.86. The van der Waals surface area contributed by atoms with Gasteiger partial charge in [0.05, 0.1) is 4.32 Å². The van der Waals surface area contributed by atoms with Gasteiger partial charge in [0.1, 0.15) is 0 Å². The molecule has 0 bridgehead atoms. The second kappa shape index (κ2) is 2.44. The van der Waals surface area contributed by atoms with E-state index in [0.717, 1.165) is 4.32 Å². The van der Waals surface area contributed by atoms with Crippen LogP contribution in [0.2, 0.25) is 0 Å². The van der Waals surface area contributed by atoms with Crippen molar-refractivity contribution < 1.29 is 0 Å². The second-order valence-electron chi connectivity index (χ2n) is 1.11. The standard InChI is InChI=1S/C3H7PS2/c4-3-5-1-2-6-3/h3H,1-2,4H2. The Bertz CT molecular complexity index is 42.1. The van der Waals surface area contributed by atoms with Crippen molar-refractivity contribution in [3.05, 3.63) is 0 Å². The molecule has 1 heterocycles. The summed E-state index contributed by atoms with van der Waals surface area (Å²) in [6.07, 6.45) is 0. The van der Waals surface area contributed by atoms with Gasteiger partial charge in [0.15, 0.2) is 0 Å². The molecule has 0 aliphatic carbocycles. The summed E-state index contributed by atoms with van der Waals surface area (Å²) in [7, 11) is 2.80. The quantitative estimate of drug-likeness (QED) is 0.466. The van der Waals surface area contributed by atoms with Gasteiger partial charge >= 0.3 is 0 Å². The molecule has 0 aromatic carbocycles. The predicted octanol–water partition coefficient (Wildman–Crippen LogP) is 1.63. The first kappa shape index (κ1) is 5.27. The van der Waals surface area contributed by atoms with Crippen molar-refractivity contribution in [3.8, 4) is 0 Å². The third-order valence-corrected chi connectivity index (χ3v) is 4.41. The fourth-order valence-corrected chi connectivity index (χ4v) is 3.39. The van der Waals surface area contributed by atoms with Crippen LogP contribution in [0, 0.1) is 0 Å². The molecule has 0 aromatic heterocycles. The molecule has 1 unspecified atom stereocenters. The van der Waals surface area contributed by atoms with Gasteiger partial charge < -0.3 is 0 Å². The van der Waals surface area contributed by atoms with E-state index >= 15 is 0 Å². The molecule has 1 rings (SSSR count). The van der Waals surface area contributed by atoms with Crippen LogP contribution in [0.15, 0.2) is 0 Å². The Labute approximate surface area is 49.0 Å². The van der Waals surface area contributed by atoms with E-state index in [9.17, 15) is 0 Å². The van der Waals surface area contributed by atoms with Crippen LogP contribution in [0.25, 0.3) is 0 Å². The van der Waals surface area contributed by atoms with E-state index in [1.165, 1.54) is 11.5 Å². The summed E-state index contributed by atoms with van der Waals surface area (Å²) >= 11 is 4.05. The second-order valence-corrected chi connectivity index (χ2v) is 5.54. The highest BCUT2D eigenvalue weighted by Crippen LogP contribution is 2.35. The zero-order valence-electron chi connectivity index (χ0n) is 3.39. The van der Waals surface area contributed by atoms with Gasteiger partial charge in [-0.1, -0.05) is 0 Å². The Balaban J connectivity index is 2.18. The molecule has 0 radical (unpaired) electrons. The maximum absolute atomic E-state index is 2.80. The molecular weight excluding hydrogens is 131 g/mol. The zero-order valence-corrected chi connectivity index (χ0v) is 6.17. The maximum Gasteiger partial charge on any atom is 0.0639 e. The zero-order chi connectivity index (χ0) is 4.41. The number of hydrogen-bond donors (Lipinski definition) is 0. The minimum atomic E-state index is 0.796. The molecule has 1 atom stereocenters. The molecule has 0 spiro atoms. The van der Waals surface area contributed by atoms with Crippen LogP contribution in [0.3, 0.4) is 0 Å². The number of rotatable bonds is 0. The lowest BCUT2D eigenvalue weighted by atomic mass is 11.0. The van der Waals surface area contributed by atoms with Gasteiger partial charge in [-0.15, -0.1) is 32.8 Å². The molecule has 1 saturated heterocycles. The van der Waals surface area contributed by atoms with Gasteiger partial charge in [-0.05, 0) is 0 Å². The van der Waals surface area contributed by atoms with Gasteiger partial charge in [-0.2, -0.15) is 0 Å². The van der Waals surface area contributed by atoms with Crippen molar-refractivity contribution in [2.24, 2.45) is 0 Å². The summed E-state index contributed by atoms with van der Waals surface area (Å²) in [4.78, 5) is 0. The normalized spacial score (nSPS) is 25.5. The molecule has 1 aliphatic rings. The molecule has 3 heteroatoms. The third-order valence-electron chi connectivity index (χ3n) is 0.648. The van der Waals surface area contributed by atoms with Gasteiger partial charge in [0.2, 0.25) is 0 Å². The van der Waals surface area contributed by atoms with E-state index in [1.807, 2.05) is 23.5 Å². The predicted molar refractivity (Wildman–Crippen MR) is 38.4 cm³/mol. The van der Waals surface area contributed by atoms with Crippen molar-refractivity contribution in [1.82, 2.24) is 0 Å². The Kier molecular flexibility index (Phi) is 2.14. The fourth-order valence-electron chi connectivity index (χ4n) is 0.377. The lowest BCUT2D eigenvalue weighted by Gasteiger charge is -1.90. The van der Waals surface area contributed by atoms with Crippen LogP contribution >= 0.6 is 32.8 Å². The van der Waals surface area contributed by atoms with Crippen LogP contribution in [-0.2, 0) is 0 Å². The molecule has 0 amide bonds. The van der Waals surface area contributed by atoms with Crippen LogP contribution in [-0.4, -0.2) is 15.8 Å². The lowest BCUT2D eigenvalue weighted by molar-refractivity contribution is 1.59. The minimum absolute atomic E-state index is 0.796. The van der Waals surface area contributed by atoms with Gasteiger partial charge in [-0.25, -0.2) is 0 Å². The highest BCUT2D eigenvalue weighted by molar-refractivity contribution is 8.24. The van der Waals surface area contributed by atoms with Crippen molar-refractivity contribution in [3.63, 3.8) is 0 Å². The van der Waals surface area contributed by atoms with E-state index in [2.05, 4.69) is 9.24 Å². The topological polar surface area (TPSA) is 0 Å². The molecule has 0 N–H and O–H groups in total. The summed E-state index contributed by atoms with van der Waals surface area (Å²) < 4.78 is 0.796. The summed E-state index contributed by atoms with van der Waals surface area (Å²) in [5.41, 5.74) is 0. The Morgan fingerprint density at radius 1 is 1.33 bits per heavy atom. The first-order chi connectivity index (χ1) is 2.89. The van der Waals surface area contributed by atoms with Crippen molar-refractivity contribution in [2.75, 3.05) is 11.5 Å². The third kappa shape index (κ3) is 1.32. The SMILES string of the molecule is PC1SCCS1. The first-order valence-corrected chi connectivity index (χ1v) is 4.65. The average molecular weight is 138 g/mol. The van der Waals surface area contributed by atoms with E-state index in [1.54, 1.807) is 0 Å². The molecule has 36 valence electrons. The molecule has 0 nitrogen and oxygen atoms in total. The highest BCUT2D eigenvalue weighted by Gasteiger charge is 2.08. The van der Waals surface area contributed by atoms with Crippen LogP contribution in [0.4, 0.5) is 0 Å². The molecule has 0 saturated carbocycles. The minimum Gasteiger partial charge on any atom is -0.143 e. The Morgan fingerprint density at radius 2 is 1.83 bits per heavy atom. The lowest BCUT2D eigenvalue weighted by Crippen LogP contribution is -1.66. The Hall–Kier alpha value is 1.13. The molecule has 0 aromatic rings. The molecular formula is C3H7PS2. The largest absolute Gasteiger partial charge is 0.143 e. The van der Waals surface area contributed by atoms with Crippen LogP contribution < -0.4 is 0 Å². The monoisotopic (exact) mass is 138 g/mol. The van der Waals surface area contributed by atoms with Gasteiger partial charge in [0, 0.05) is 11.5 Å². The summed E-state index contributed by atoms with van der Waals surface area (Å²) in [5.74, 6) is 2.69. The molecule has 1 aliphatic heterocycles. The van der Waals surface area contributed by atoms with E-state index in [0.29, 0.717) is 0 Å². The number of hydrogen-bond acceptors (Lipinski definition) is 2. The van der Waals surface area contributed by atoms with Crippen molar-refractivity contribution in [1.29, 1.82) is 0 Å². The van der Waals surface area contributed by atoms with Crippen molar-refractivity contribution >= 4 is 32.8 Å². The Morgan fingerprint density at radius 3 is 2.00 bits per heavy atom. The first-order valence-electron chi connectivity index (χ1n) is 1.88. The smallest absolute Gasteiger partial charge is 0.0639 e. The summed E-state index contributed by atoms with van der Waals surface area (Å²) in [5, 5.41) is 0. The van der Waals surface area contributed by atoms with E-state index < -0.39 is 0 Å². The van der Waals surface area contributed by atoms with Crippen LogP contribution in [0.1, 0.15) is 0 Å². The molecule has 6 heavy (non-hydrogen) atoms.